The van der Waals surface area contributed by atoms with Gasteiger partial charge >= 0.3 is 5.97 Å². The molecule has 1 aromatic heterocycles. The van der Waals surface area contributed by atoms with Gasteiger partial charge in [0.1, 0.15) is 4.88 Å². The summed E-state index contributed by atoms with van der Waals surface area (Å²) < 4.78 is 0. The third-order valence-corrected chi connectivity index (χ3v) is 4.70. The number of thiophene rings is 1. The summed E-state index contributed by atoms with van der Waals surface area (Å²) in [5.41, 5.74) is 0.214. The fraction of sp³-hybridized carbons (Fsp3) is 0.571. The number of carbonyl (C=O) groups is 2. The number of nitrogens with zero attached hydrogens (tertiary/aromatic N) is 1. The third-order valence-electron chi connectivity index (χ3n) is 3.65. The van der Waals surface area contributed by atoms with Crippen molar-refractivity contribution in [2.75, 3.05) is 6.54 Å². The molecule has 1 N–H and O–H groups in total. The lowest BCUT2D eigenvalue weighted by atomic mass is 9.85. The van der Waals surface area contributed by atoms with Crippen LogP contribution in [0.4, 0.5) is 0 Å². The Morgan fingerprint density at radius 2 is 2.16 bits per heavy atom. The molecule has 4 nitrogen and oxygen atoms in total. The number of carboxylic acids is 1. The normalized spacial score (nSPS) is 19.3. The lowest BCUT2D eigenvalue weighted by molar-refractivity contribution is -0.131. The van der Waals surface area contributed by atoms with Crippen molar-refractivity contribution in [2.24, 2.45) is 5.41 Å². The second-order valence-corrected chi connectivity index (χ2v) is 6.97. The molecule has 0 bridgehead atoms. The van der Waals surface area contributed by atoms with Gasteiger partial charge in [-0.15, -0.1) is 11.3 Å². The van der Waals surface area contributed by atoms with Gasteiger partial charge in [0.2, 0.25) is 5.91 Å². The average Bonchev–Trinajstić information content (AvgIpc) is 2.75. The molecule has 1 saturated heterocycles. The van der Waals surface area contributed by atoms with E-state index in [0.29, 0.717) is 17.8 Å². The van der Waals surface area contributed by atoms with Crippen molar-refractivity contribution in [1.82, 2.24) is 4.90 Å². The molecule has 104 valence electrons. The Morgan fingerprint density at radius 1 is 1.42 bits per heavy atom. The number of carboxylic acid groups (broad SMARTS) is 1. The summed E-state index contributed by atoms with van der Waals surface area (Å²) >= 11 is 1.25. The first-order valence-corrected chi connectivity index (χ1v) is 7.29. The van der Waals surface area contributed by atoms with Crippen LogP contribution in [0.25, 0.3) is 0 Å². The van der Waals surface area contributed by atoms with Crippen LogP contribution in [0.3, 0.4) is 0 Å². The number of rotatable bonds is 3. The van der Waals surface area contributed by atoms with E-state index in [2.05, 4.69) is 13.8 Å². The molecule has 0 aliphatic carbocycles. The molecular formula is C14H19NO3S. The van der Waals surface area contributed by atoms with Gasteiger partial charge in [0.05, 0.1) is 6.54 Å². The standard InChI is InChI=1S/C14H19NO3S/c1-14(2)6-5-12(16)15(8-7-14)9-10-3-4-11(19-10)13(17)18/h3-4H,5-9H2,1-2H3,(H,17,18). The molecule has 0 saturated carbocycles. The topological polar surface area (TPSA) is 57.6 Å². The van der Waals surface area contributed by atoms with Crippen molar-refractivity contribution in [1.29, 1.82) is 0 Å². The number of amides is 1. The Kier molecular flexibility index (Phi) is 3.94. The maximum atomic E-state index is 12.1. The van der Waals surface area contributed by atoms with Crippen molar-refractivity contribution >= 4 is 23.2 Å². The quantitative estimate of drug-likeness (QED) is 0.926. The zero-order chi connectivity index (χ0) is 14.0. The Hall–Kier alpha value is -1.36. The van der Waals surface area contributed by atoms with E-state index in [-0.39, 0.29) is 11.3 Å². The van der Waals surface area contributed by atoms with E-state index in [1.165, 1.54) is 11.3 Å². The van der Waals surface area contributed by atoms with Crippen molar-refractivity contribution in [3.63, 3.8) is 0 Å². The van der Waals surface area contributed by atoms with Gasteiger partial charge in [0.25, 0.3) is 0 Å². The lowest BCUT2D eigenvalue weighted by Gasteiger charge is -2.23. The minimum atomic E-state index is -0.903. The second-order valence-electron chi connectivity index (χ2n) is 5.80. The van der Waals surface area contributed by atoms with Crippen LogP contribution < -0.4 is 0 Å². The molecule has 5 heteroatoms. The largest absolute Gasteiger partial charge is 0.477 e. The molecule has 0 radical (unpaired) electrons. The molecule has 0 atom stereocenters. The second kappa shape index (κ2) is 5.33. The molecule has 1 aliphatic heterocycles. The van der Waals surface area contributed by atoms with Gasteiger partial charge in [-0.3, -0.25) is 4.79 Å². The summed E-state index contributed by atoms with van der Waals surface area (Å²) in [6.07, 6.45) is 2.51. The Labute approximate surface area is 117 Å². The van der Waals surface area contributed by atoms with Crippen LogP contribution in [0.1, 0.15) is 47.7 Å². The van der Waals surface area contributed by atoms with Crippen LogP contribution >= 0.6 is 11.3 Å². The number of hydrogen-bond donors (Lipinski definition) is 1. The lowest BCUT2D eigenvalue weighted by Crippen LogP contribution is -2.29. The van der Waals surface area contributed by atoms with Gasteiger partial charge in [-0.1, -0.05) is 13.8 Å². The molecule has 1 fully saturated rings. The highest BCUT2D eigenvalue weighted by molar-refractivity contribution is 7.13. The SMILES string of the molecule is CC1(C)CCC(=O)N(Cc2ccc(C(=O)O)s2)CC1. The van der Waals surface area contributed by atoms with Gasteiger partial charge in [-0.25, -0.2) is 4.79 Å². The van der Waals surface area contributed by atoms with Gasteiger partial charge in [0, 0.05) is 17.8 Å². The van der Waals surface area contributed by atoms with E-state index in [0.717, 1.165) is 24.3 Å². The first kappa shape index (κ1) is 14.1. The van der Waals surface area contributed by atoms with Gasteiger partial charge in [0.15, 0.2) is 0 Å². The summed E-state index contributed by atoms with van der Waals surface area (Å²) in [7, 11) is 0. The highest BCUT2D eigenvalue weighted by Gasteiger charge is 2.27. The predicted molar refractivity (Wildman–Crippen MR) is 74.3 cm³/mol. The van der Waals surface area contributed by atoms with Crippen LogP contribution in [0.2, 0.25) is 0 Å². The van der Waals surface area contributed by atoms with Crippen molar-refractivity contribution < 1.29 is 14.7 Å². The third kappa shape index (κ3) is 3.56. The molecule has 0 unspecified atom stereocenters. The predicted octanol–water partition coefficient (Wildman–Crippen LogP) is 2.99. The number of likely N-dealkylation sites (tertiary alicyclic amines) is 1. The van der Waals surface area contributed by atoms with E-state index in [4.69, 9.17) is 5.11 Å². The molecule has 1 amide bonds. The Balaban J connectivity index is 2.04. The minimum absolute atomic E-state index is 0.177. The van der Waals surface area contributed by atoms with Crippen LogP contribution in [0.5, 0.6) is 0 Å². The summed E-state index contributed by atoms with van der Waals surface area (Å²) in [6, 6.07) is 3.41. The first-order chi connectivity index (χ1) is 8.87. The molecule has 1 aromatic rings. The zero-order valence-corrected chi connectivity index (χ0v) is 12.1. The maximum absolute atomic E-state index is 12.1. The number of hydrogen-bond acceptors (Lipinski definition) is 3. The molecule has 19 heavy (non-hydrogen) atoms. The minimum Gasteiger partial charge on any atom is -0.477 e. The number of aromatic carboxylic acids is 1. The molecular weight excluding hydrogens is 262 g/mol. The van der Waals surface area contributed by atoms with Crippen molar-refractivity contribution in [3.8, 4) is 0 Å². The van der Waals surface area contributed by atoms with Crippen molar-refractivity contribution in [3.05, 3.63) is 21.9 Å². The van der Waals surface area contributed by atoms with Crippen molar-refractivity contribution in [2.45, 2.75) is 39.7 Å². The van der Waals surface area contributed by atoms with Crippen LogP contribution in [-0.2, 0) is 11.3 Å². The van der Waals surface area contributed by atoms with E-state index in [1.807, 2.05) is 4.90 Å². The fourth-order valence-corrected chi connectivity index (χ4v) is 3.09. The van der Waals surface area contributed by atoms with E-state index in [9.17, 15) is 9.59 Å². The highest BCUT2D eigenvalue weighted by atomic mass is 32.1. The van der Waals surface area contributed by atoms with Crippen LogP contribution in [0, 0.1) is 5.41 Å². The van der Waals surface area contributed by atoms with E-state index in [1.54, 1.807) is 12.1 Å². The molecule has 1 aliphatic rings. The average molecular weight is 281 g/mol. The van der Waals surface area contributed by atoms with Crippen LogP contribution in [-0.4, -0.2) is 28.4 Å². The van der Waals surface area contributed by atoms with Crippen LogP contribution in [0.15, 0.2) is 12.1 Å². The Morgan fingerprint density at radius 3 is 2.79 bits per heavy atom. The highest BCUT2D eigenvalue weighted by Crippen LogP contribution is 2.31. The monoisotopic (exact) mass is 281 g/mol. The first-order valence-electron chi connectivity index (χ1n) is 6.47. The Bertz CT molecular complexity index is 493. The van der Waals surface area contributed by atoms with E-state index >= 15 is 0 Å². The number of carbonyl (C=O) groups excluding carboxylic acids is 1. The molecule has 0 aromatic carbocycles. The molecule has 2 heterocycles. The van der Waals surface area contributed by atoms with E-state index < -0.39 is 5.97 Å². The molecule has 2 rings (SSSR count). The summed E-state index contributed by atoms with van der Waals surface area (Å²) in [6.45, 7) is 5.67. The summed E-state index contributed by atoms with van der Waals surface area (Å²) in [5.74, 6) is -0.726. The zero-order valence-electron chi connectivity index (χ0n) is 11.3. The van der Waals surface area contributed by atoms with Gasteiger partial charge in [-0.2, -0.15) is 0 Å². The fourth-order valence-electron chi connectivity index (χ4n) is 2.22. The summed E-state index contributed by atoms with van der Waals surface area (Å²) in [4.78, 5) is 26.0. The van der Waals surface area contributed by atoms with Gasteiger partial charge < -0.3 is 10.0 Å². The maximum Gasteiger partial charge on any atom is 0.345 e. The van der Waals surface area contributed by atoms with Gasteiger partial charge in [-0.05, 0) is 30.4 Å². The molecule has 0 spiro atoms. The summed E-state index contributed by atoms with van der Waals surface area (Å²) in [5, 5.41) is 8.90. The smallest absolute Gasteiger partial charge is 0.345 e.